The van der Waals surface area contributed by atoms with Crippen molar-refractivity contribution in [2.45, 2.75) is 57.1 Å². The van der Waals surface area contributed by atoms with Crippen molar-refractivity contribution < 1.29 is 24.2 Å². The van der Waals surface area contributed by atoms with Crippen molar-refractivity contribution in [1.29, 1.82) is 0 Å². The molecule has 1 aromatic rings. The Labute approximate surface area is 147 Å². The lowest BCUT2D eigenvalue weighted by atomic mass is 10.0. The van der Waals surface area contributed by atoms with Crippen LogP contribution in [-0.2, 0) is 4.79 Å². The first-order valence-electron chi connectivity index (χ1n) is 8.97. The Morgan fingerprint density at radius 2 is 1.84 bits per heavy atom. The number of carbonyl (C=O) groups excluding carboxylic acids is 1. The van der Waals surface area contributed by atoms with Crippen LogP contribution < -0.4 is 14.8 Å². The van der Waals surface area contributed by atoms with Crippen molar-refractivity contribution in [1.82, 2.24) is 5.32 Å². The molecule has 136 valence electrons. The first-order valence-corrected chi connectivity index (χ1v) is 8.97. The van der Waals surface area contributed by atoms with E-state index in [4.69, 9.17) is 9.47 Å². The number of carboxylic acids is 1. The molecule has 2 aliphatic carbocycles. The van der Waals surface area contributed by atoms with Crippen LogP contribution in [0.2, 0.25) is 0 Å². The summed E-state index contributed by atoms with van der Waals surface area (Å²) in [6.07, 6.45) is 6.79. The zero-order valence-corrected chi connectivity index (χ0v) is 14.5. The number of methoxy groups -OCH3 is 1. The molecule has 3 rings (SSSR count). The molecule has 2 N–H and O–H groups in total. The molecule has 2 saturated carbocycles. The summed E-state index contributed by atoms with van der Waals surface area (Å²) in [5.74, 6) is -0.448. The second kappa shape index (κ2) is 7.76. The summed E-state index contributed by atoms with van der Waals surface area (Å²) < 4.78 is 11.4. The minimum Gasteiger partial charge on any atom is -0.493 e. The number of nitrogens with one attached hydrogen (secondary N) is 1. The fourth-order valence-corrected chi connectivity index (χ4v) is 3.77. The van der Waals surface area contributed by atoms with Crippen LogP contribution in [0.3, 0.4) is 0 Å². The summed E-state index contributed by atoms with van der Waals surface area (Å²) in [6, 6.07) is 4.80. The van der Waals surface area contributed by atoms with Gasteiger partial charge in [-0.25, -0.2) is 0 Å². The third kappa shape index (κ3) is 4.06. The van der Waals surface area contributed by atoms with Crippen LogP contribution >= 0.6 is 0 Å². The Morgan fingerprint density at radius 1 is 1.08 bits per heavy atom. The fourth-order valence-electron chi connectivity index (χ4n) is 3.77. The summed E-state index contributed by atoms with van der Waals surface area (Å²) in [4.78, 5) is 23.7. The zero-order valence-electron chi connectivity index (χ0n) is 14.5. The molecule has 0 bridgehead atoms. The second-order valence-corrected chi connectivity index (χ2v) is 6.85. The van der Waals surface area contributed by atoms with Crippen LogP contribution in [0.15, 0.2) is 18.2 Å². The molecular weight excluding hydrogens is 322 g/mol. The van der Waals surface area contributed by atoms with Crippen LogP contribution in [0.5, 0.6) is 11.5 Å². The Bertz CT molecular complexity index is 639. The van der Waals surface area contributed by atoms with E-state index in [-0.39, 0.29) is 18.1 Å². The van der Waals surface area contributed by atoms with Gasteiger partial charge in [0.1, 0.15) is 0 Å². The number of amides is 1. The summed E-state index contributed by atoms with van der Waals surface area (Å²) in [6.45, 7) is 0. The number of hydrogen-bond acceptors (Lipinski definition) is 4. The lowest BCUT2D eigenvalue weighted by Gasteiger charge is -2.19. The van der Waals surface area contributed by atoms with E-state index in [2.05, 4.69) is 5.32 Å². The molecule has 25 heavy (non-hydrogen) atoms. The average molecular weight is 347 g/mol. The number of benzene rings is 1. The third-order valence-corrected chi connectivity index (χ3v) is 5.17. The van der Waals surface area contributed by atoms with Gasteiger partial charge in [0.25, 0.3) is 5.91 Å². The van der Waals surface area contributed by atoms with E-state index in [1.54, 1.807) is 25.3 Å². The maximum atomic E-state index is 12.5. The van der Waals surface area contributed by atoms with Gasteiger partial charge in [0.15, 0.2) is 11.5 Å². The maximum absolute atomic E-state index is 12.5. The Kier molecular flexibility index (Phi) is 5.46. The highest BCUT2D eigenvalue weighted by Gasteiger charge is 2.34. The maximum Gasteiger partial charge on any atom is 0.308 e. The van der Waals surface area contributed by atoms with Crippen LogP contribution in [0.25, 0.3) is 0 Å². The van der Waals surface area contributed by atoms with E-state index in [9.17, 15) is 14.7 Å². The lowest BCUT2D eigenvalue weighted by Crippen LogP contribution is -2.40. The van der Waals surface area contributed by atoms with E-state index in [0.29, 0.717) is 29.9 Å². The van der Waals surface area contributed by atoms with E-state index < -0.39 is 11.9 Å². The summed E-state index contributed by atoms with van der Waals surface area (Å²) in [5, 5.41) is 12.1. The van der Waals surface area contributed by atoms with E-state index in [1.165, 1.54) is 12.8 Å². The normalized spacial score (nSPS) is 23.4. The molecule has 2 atom stereocenters. The first-order chi connectivity index (χ1) is 12.1. The van der Waals surface area contributed by atoms with Gasteiger partial charge in [-0.15, -0.1) is 0 Å². The van der Waals surface area contributed by atoms with Gasteiger partial charge in [0.2, 0.25) is 0 Å². The topological polar surface area (TPSA) is 84.9 Å². The van der Waals surface area contributed by atoms with Crippen molar-refractivity contribution in [2.75, 3.05) is 7.11 Å². The monoisotopic (exact) mass is 347 g/mol. The fraction of sp³-hybridized carbons (Fsp3) is 0.579. The molecular formula is C19H25NO5. The quantitative estimate of drug-likeness (QED) is 0.826. The predicted molar refractivity (Wildman–Crippen MR) is 92.1 cm³/mol. The van der Waals surface area contributed by atoms with Crippen LogP contribution in [0.4, 0.5) is 0 Å². The van der Waals surface area contributed by atoms with E-state index in [1.807, 2.05) is 0 Å². The predicted octanol–water partition coefficient (Wildman–Crippen LogP) is 3.00. The molecule has 0 spiro atoms. The molecule has 2 aliphatic rings. The molecule has 0 heterocycles. The van der Waals surface area contributed by atoms with Crippen molar-refractivity contribution in [2.24, 2.45) is 5.92 Å². The minimum atomic E-state index is -0.847. The molecule has 1 amide bonds. The minimum absolute atomic E-state index is 0.211. The SMILES string of the molecule is COc1cc(C(=O)N[C@@H]2CCC[C@@H]2C(=O)O)ccc1OC1CCCC1. The van der Waals surface area contributed by atoms with Gasteiger partial charge in [0.05, 0.1) is 19.1 Å². The third-order valence-electron chi connectivity index (χ3n) is 5.17. The highest BCUT2D eigenvalue weighted by Crippen LogP contribution is 2.33. The van der Waals surface area contributed by atoms with Crippen LogP contribution in [0.1, 0.15) is 55.3 Å². The smallest absolute Gasteiger partial charge is 0.308 e. The largest absolute Gasteiger partial charge is 0.493 e. The van der Waals surface area contributed by atoms with Crippen molar-refractivity contribution >= 4 is 11.9 Å². The van der Waals surface area contributed by atoms with Gasteiger partial charge in [0, 0.05) is 11.6 Å². The average Bonchev–Trinajstić information content (AvgIpc) is 3.26. The van der Waals surface area contributed by atoms with Crippen LogP contribution in [0, 0.1) is 5.92 Å². The molecule has 0 unspecified atom stereocenters. The number of aliphatic carboxylic acids is 1. The molecule has 0 saturated heterocycles. The lowest BCUT2D eigenvalue weighted by molar-refractivity contribution is -0.142. The van der Waals surface area contributed by atoms with Crippen LogP contribution in [-0.4, -0.2) is 36.2 Å². The number of carboxylic acid groups (broad SMARTS) is 1. The molecule has 0 radical (unpaired) electrons. The summed E-state index contributed by atoms with van der Waals surface area (Å²) in [5.41, 5.74) is 0.451. The second-order valence-electron chi connectivity index (χ2n) is 6.85. The Morgan fingerprint density at radius 3 is 2.52 bits per heavy atom. The first kappa shape index (κ1) is 17.6. The van der Waals surface area contributed by atoms with Gasteiger partial charge in [-0.2, -0.15) is 0 Å². The summed E-state index contributed by atoms with van der Waals surface area (Å²) in [7, 11) is 1.55. The Hall–Kier alpha value is -2.24. The van der Waals surface area contributed by atoms with Gasteiger partial charge in [-0.3, -0.25) is 9.59 Å². The highest BCUT2D eigenvalue weighted by atomic mass is 16.5. The molecule has 0 aromatic heterocycles. The van der Waals surface area contributed by atoms with Crippen molar-refractivity contribution in [3.05, 3.63) is 23.8 Å². The molecule has 2 fully saturated rings. The zero-order chi connectivity index (χ0) is 17.8. The van der Waals surface area contributed by atoms with E-state index >= 15 is 0 Å². The van der Waals surface area contributed by atoms with Crippen molar-refractivity contribution in [3.8, 4) is 11.5 Å². The van der Waals surface area contributed by atoms with Gasteiger partial charge >= 0.3 is 5.97 Å². The van der Waals surface area contributed by atoms with E-state index in [0.717, 1.165) is 19.3 Å². The molecule has 6 nitrogen and oxygen atoms in total. The van der Waals surface area contributed by atoms with Gasteiger partial charge in [-0.1, -0.05) is 6.42 Å². The molecule has 1 aromatic carbocycles. The highest BCUT2D eigenvalue weighted by molar-refractivity contribution is 5.95. The standard InChI is InChI=1S/C19H25NO5/c1-24-17-11-12(9-10-16(17)25-13-5-2-3-6-13)18(21)20-15-8-4-7-14(15)19(22)23/h9-11,13-15H,2-8H2,1H3,(H,20,21)(H,22,23)/t14-,15+/m0/s1. The van der Waals surface area contributed by atoms with Crippen molar-refractivity contribution in [3.63, 3.8) is 0 Å². The Balaban J connectivity index is 1.69. The number of hydrogen-bond donors (Lipinski definition) is 2. The van der Waals surface area contributed by atoms with Gasteiger partial charge in [-0.05, 0) is 56.7 Å². The molecule has 6 heteroatoms. The number of ether oxygens (including phenoxy) is 2. The number of rotatable bonds is 6. The summed E-state index contributed by atoms with van der Waals surface area (Å²) >= 11 is 0. The number of carbonyl (C=O) groups is 2. The van der Waals surface area contributed by atoms with Gasteiger partial charge < -0.3 is 19.9 Å². The molecule has 0 aliphatic heterocycles.